The fourth-order valence-corrected chi connectivity index (χ4v) is 3.91. The summed E-state index contributed by atoms with van der Waals surface area (Å²) in [6, 6.07) is 15.5. The van der Waals surface area contributed by atoms with Gasteiger partial charge in [0.15, 0.2) is 11.3 Å². The van der Waals surface area contributed by atoms with E-state index in [1.807, 2.05) is 48.5 Å². The molecule has 0 fully saturated rings. The smallest absolute Gasteiger partial charge is 0.193 e. The van der Waals surface area contributed by atoms with Crippen LogP contribution in [-0.2, 0) is 6.42 Å². The maximum atomic E-state index is 13.1. The van der Waals surface area contributed by atoms with E-state index in [1.165, 1.54) is 0 Å². The zero-order valence-corrected chi connectivity index (χ0v) is 12.8. The van der Waals surface area contributed by atoms with Gasteiger partial charge in [0.1, 0.15) is 0 Å². The minimum absolute atomic E-state index is 0.0675. The molecule has 0 aromatic heterocycles. The van der Waals surface area contributed by atoms with Crippen LogP contribution in [-0.4, -0.2) is 17.9 Å². The van der Waals surface area contributed by atoms with Crippen LogP contribution in [0.3, 0.4) is 0 Å². The van der Waals surface area contributed by atoms with E-state index >= 15 is 0 Å². The number of hydrogen-bond donors (Lipinski definition) is 0. The van der Waals surface area contributed by atoms with Gasteiger partial charge in [-0.2, -0.15) is 10.2 Å². The Bertz CT molecular complexity index is 786. The maximum Gasteiger partial charge on any atom is 0.193 e. The summed E-state index contributed by atoms with van der Waals surface area (Å²) in [6.07, 6.45) is 1.55. The van der Waals surface area contributed by atoms with Crippen LogP contribution in [0, 0.1) is 0 Å². The van der Waals surface area contributed by atoms with E-state index in [4.69, 9.17) is 11.6 Å². The van der Waals surface area contributed by atoms with E-state index in [0.29, 0.717) is 18.0 Å². The highest BCUT2D eigenvalue weighted by Crippen LogP contribution is 2.47. The highest BCUT2D eigenvalue weighted by atomic mass is 35.5. The molecule has 1 spiro atoms. The summed E-state index contributed by atoms with van der Waals surface area (Å²) in [5, 5.41) is 9.34. The molecule has 0 saturated carbocycles. The van der Waals surface area contributed by atoms with Crippen LogP contribution in [0.2, 0.25) is 5.02 Å². The molecule has 3 nitrogen and oxygen atoms in total. The van der Waals surface area contributed by atoms with Crippen molar-refractivity contribution < 1.29 is 4.79 Å². The number of hydrogen-bond acceptors (Lipinski definition) is 3. The van der Waals surface area contributed by atoms with Gasteiger partial charge in [0.05, 0.1) is 6.54 Å². The van der Waals surface area contributed by atoms with Crippen molar-refractivity contribution in [2.75, 3.05) is 6.54 Å². The Morgan fingerprint density at radius 3 is 2.73 bits per heavy atom. The molecule has 110 valence electrons. The molecule has 0 N–H and O–H groups in total. The first-order valence-corrected chi connectivity index (χ1v) is 7.86. The third-order valence-electron chi connectivity index (χ3n) is 4.80. The van der Waals surface area contributed by atoms with Gasteiger partial charge < -0.3 is 0 Å². The van der Waals surface area contributed by atoms with Crippen LogP contribution in [0.4, 0.5) is 0 Å². The molecule has 1 aliphatic carbocycles. The van der Waals surface area contributed by atoms with Gasteiger partial charge in [-0.1, -0.05) is 54.1 Å². The van der Waals surface area contributed by atoms with Crippen molar-refractivity contribution in [3.63, 3.8) is 0 Å². The van der Waals surface area contributed by atoms with E-state index in [0.717, 1.165) is 23.1 Å². The monoisotopic (exact) mass is 310 g/mol. The maximum absolute atomic E-state index is 13.1. The molecular formula is C18H15ClN2O. The number of aryl methyl sites for hydroxylation is 1. The van der Waals surface area contributed by atoms with E-state index < -0.39 is 5.54 Å². The Hall–Kier alpha value is -2.00. The molecule has 0 unspecified atom stereocenters. The molecule has 22 heavy (non-hydrogen) atoms. The Morgan fingerprint density at radius 1 is 1.09 bits per heavy atom. The van der Waals surface area contributed by atoms with Gasteiger partial charge in [-0.25, -0.2) is 0 Å². The average molecular weight is 311 g/mol. The number of nitrogens with zero attached hydrogens (tertiary/aromatic N) is 2. The number of fused-ring (bicyclic) bond motifs is 1. The van der Waals surface area contributed by atoms with E-state index in [-0.39, 0.29) is 11.7 Å². The minimum atomic E-state index is -0.778. The second-order valence-electron chi connectivity index (χ2n) is 5.91. The SMILES string of the molecule is O=C1c2ccccc2CC[C@]12N=NC[C@@H]2c1ccccc1Cl. The summed E-state index contributed by atoms with van der Waals surface area (Å²) in [4.78, 5) is 13.1. The molecule has 1 heterocycles. The molecule has 4 rings (SSSR count). The number of rotatable bonds is 1. The average Bonchev–Trinajstić information content (AvgIpc) is 2.96. The van der Waals surface area contributed by atoms with Crippen molar-refractivity contribution in [1.82, 2.24) is 0 Å². The number of azo groups is 1. The first-order valence-electron chi connectivity index (χ1n) is 7.48. The molecule has 0 radical (unpaired) electrons. The van der Waals surface area contributed by atoms with Crippen LogP contribution in [0.1, 0.15) is 33.8 Å². The lowest BCUT2D eigenvalue weighted by Crippen LogP contribution is -2.44. The zero-order valence-electron chi connectivity index (χ0n) is 12.0. The Labute approximate surface area is 134 Å². The molecule has 2 aromatic carbocycles. The molecular weight excluding hydrogens is 296 g/mol. The standard InChI is InChI=1S/C18H15ClN2O/c19-16-8-4-3-7-14(16)15-11-20-21-18(15)10-9-12-5-1-2-6-13(12)17(18)22/h1-8,15H,9-11H2/t15-,18-/m1/s1. The minimum Gasteiger partial charge on any atom is -0.291 e. The molecule has 2 aliphatic rings. The number of carbonyl (C=O) groups excluding carboxylic acids is 1. The Balaban J connectivity index is 1.82. The van der Waals surface area contributed by atoms with Gasteiger partial charge in [0, 0.05) is 16.5 Å². The molecule has 4 heteroatoms. The number of halogens is 1. The molecule has 2 aromatic rings. The number of Topliss-reactive ketones (excluding diaryl/α,β-unsaturated/α-hetero) is 1. The summed E-state index contributed by atoms with van der Waals surface area (Å²) in [6.45, 7) is 0.525. The van der Waals surface area contributed by atoms with Gasteiger partial charge in [-0.15, -0.1) is 0 Å². The van der Waals surface area contributed by atoms with Crippen molar-refractivity contribution >= 4 is 17.4 Å². The lowest BCUT2D eigenvalue weighted by atomic mass is 9.68. The highest BCUT2D eigenvalue weighted by Gasteiger charge is 2.52. The lowest BCUT2D eigenvalue weighted by Gasteiger charge is -2.35. The summed E-state index contributed by atoms with van der Waals surface area (Å²) in [7, 11) is 0. The van der Waals surface area contributed by atoms with Gasteiger partial charge in [-0.05, 0) is 30.0 Å². The van der Waals surface area contributed by atoms with Crippen molar-refractivity contribution in [3.05, 3.63) is 70.2 Å². The fourth-order valence-electron chi connectivity index (χ4n) is 3.64. The summed E-state index contributed by atoms with van der Waals surface area (Å²) in [5.41, 5.74) is 2.09. The second kappa shape index (κ2) is 5.03. The molecule has 1 aliphatic heterocycles. The third kappa shape index (κ3) is 1.85. The van der Waals surface area contributed by atoms with Gasteiger partial charge >= 0.3 is 0 Å². The number of carbonyl (C=O) groups is 1. The molecule has 2 atom stereocenters. The Kier molecular flexibility index (Phi) is 3.12. The van der Waals surface area contributed by atoms with Gasteiger partial charge in [-0.3, -0.25) is 4.79 Å². The van der Waals surface area contributed by atoms with Gasteiger partial charge in [0.25, 0.3) is 0 Å². The van der Waals surface area contributed by atoms with Gasteiger partial charge in [0.2, 0.25) is 0 Å². The second-order valence-corrected chi connectivity index (χ2v) is 6.32. The number of benzene rings is 2. The van der Waals surface area contributed by atoms with E-state index in [9.17, 15) is 4.79 Å². The predicted molar refractivity (Wildman–Crippen MR) is 85.7 cm³/mol. The largest absolute Gasteiger partial charge is 0.291 e. The zero-order chi connectivity index (χ0) is 15.2. The first-order chi connectivity index (χ1) is 10.7. The quantitative estimate of drug-likeness (QED) is 0.767. The van der Waals surface area contributed by atoms with Crippen molar-refractivity contribution in [3.8, 4) is 0 Å². The molecule has 0 amide bonds. The normalized spacial score (nSPS) is 26.4. The van der Waals surface area contributed by atoms with Crippen LogP contribution < -0.4 is 0 Å². The van der Waals surface area contributed by atoms with Crippen LogP contribution in [0.25, 0.3) is 0 Å². The first kappa shape index (κ1) is 13.6. The van der Waals surface area contributed by atoms with Crippen LogP contribution in [0.15, 0.2) is 58.8 Å². The topological polar surface area (TPSA) is 41.8 Å². The third-order valence-corrected chi connectivity index (χ3v) is 5.15. The lowest BCUT2D eigenvalue weighted by molar-refractivity contribution is 0.0853. The number of ketones is 1. The molecule has 0 bridgehead atoms. The van der Waals surface area contributed by atoms with Crippen molar-refractivity contribution in [2.24, 2.45) is 10.2 Å². The van der Waals surface area contributed by atoms with E-state index in [1.54, 1.807) is 0 Å². The fraction of sp³-hybridized carbons (Fsp3) is 0.278. The summed E-state index contributed by atoms with van der Waals surface area (Å²) >= 11 is 6.36. The summed E-state index contributed by atoms with van der Waals surface area (Å²) in [5.74, 6) is 0.0163. The predicted octanol–water partition coefficient (Wildman–Crippen LogP) is 4.46. The summed E-state index contributed by atoms with van der Waals surface area (Å²) < 4.78 is 0. The van der Waals surface area contributed by atoms with Crippen LogP contribution >= 0.6 is 11.6 Å². The van der Waals surface area contributed by atoms with Crippen molar-refractivity contribution in [2.45, 2.75) is 24.3 Å². The van der Waals surface area contributed by atoms with Crippen molar-refractivity contribution in [1.29, 1.82) is 0 Å². The molecule has 0 saturated heterocycles. The highest BCUT2D eigenvalue weighted by molar-refractivity contribution is 6.31. The Morgan fingerprint density at radius 2 is 1.86 bits per heavy atom. The van der Waals surface area contributed by atoms with E-state index in [2.05, 4.69) is 10.2 Å². The van der Waals surface area contributed by atoms with Crippen LogP contribution in [0.5, 0.6) is 0 Å².